The lowest BCUT2D eigenvalue weighted by molar-refractivity contribution is -0.117. The fraction of sp³-hybridized carbons (Fsp3) is 0.500. The van der Waals surface area contributed by atoms with Gasteiger partial charge < -0.3 is 4.74 Å². The molecule has 1 atom stereocenters. The van der Waals surface area contributed by atoms with E-state index in [0.29, 0.717) is 23.5 Å². The Balaban J connectivity index is 3.28. The first-order valence-electron chi connectivity index (χ1n) is 5.74. The van der Waals surface area contributed by atoms with Crippen molar-refractivity contribution >= 4 is 6.29 Å². The van der Waals surface area contributed by atoms with E-state index in [-0.39, 0.29) is 0 Å². The summed E-state index contributed by atoms with van der Waals surface area (Å²) in [6, 6.07) is 5.26. The quantitative estimate of drug-likeness (QED) is 0.736. The Labute approximate surface area is 102 Å². The Morgan fingerprint density at radius 1 is 1.47 bits per heavy atom. The van der Waals surface area contributed by atoms with Crippen molar-refractivity contribution in [3.05, 3.63) is 29.3 Å². The van der Waals surface area contributed by atoms with Gasteiger partial charge in [0.2, 0.25) is 0 Å². The van der Waals surface area contributed by atoms with Crippen molar-refractivity contribution in [2.75, 3.05) is 7.11 Å². The van der Waals surface area contributed by atoms with Gasteiger partial charge in [0.1, 0.15) is 5.75 Å². The van der Waals surface area contributed by atoms with Crippen molar-refractivity contribution in [2.45, 2.75) is 32.9 Å². The Morgan fingerprint density at radius 2 is 2.12 bits per heavy atom. The minimum absolute atomic E-state index is 0.299. The molecule has 0 fully saturated rings. The van der Waals surface area contributed by atoms with Gasteiger partial charge in [-0.25, -0.2) is 4.39 Å². The molecule has 1 aromatic carbocycles. The summed E-state index contributed by atoms with van der Waals surface area (Å²) in [5.74, 6) is 0.930. The first-order valence-corrected chi connectivity index (χ1v) is 5.74. The topological polar surface area (TPSA) is 26.3 Å². The first-order chi connectivity index (χ1) is 7.92. The highest BCUT2D eigenvalue weighted by Gasteiger charge is 2.29. The molecule has 3 heteroatoms. The highest BCUT2D eigenvalue weighted by atomic mass is 19.1. The van der Waals surface area contributed by atoms with Gasteiger partial charge >= 0.3 is 0 Å². The molecule has 0 saturated heterocycles. The molecular formula is C14H19FO2. The number of benzene rings is 1. The Bertz CT molecular complexity index is 397. The van der Waals surface area contributed by atoms with Crippen LogP contribution in [0.15, 0.2) is 18.2 Å². The third kappa shape index (κ3) is 3.05. The lowest BCUT2D eigenvalue weighted by atomic mass is 9.93. The Morgan fingerprint density at radius 3 is 2.59 bits per heavy atom. The van der Waals surface area contributed by atoms with Crippen LogP contribution in [0.25, 0.3) is 0 Å². The van der Waals surface area contributed by atoms with E-state index in [4.69, 9.17) is 4.74 Å². The standard InChI is InChI=1S/C14H19FO2/c1-10(2)8-11-6-5-7-12(13(11)17-4)14(3,15)9-16/h5-7,9-10H,8H2,1-4H3. The van der Waals surface area contributed by atoms with Gasteiger partial charge in [-0.1, -0.05) is 32.0 Å². The average Bonchev–Trinajstić information content (AvgIpc) is 2.28. The summed E-state index contributed by atoms with van der Waals surface area (Å²) in [5.41, 5.74) is -0.767. The lowest BCUT2D eigenvalue weighted by Crippen LogP contribution is -2.18. The van der Waals surface area contributed by atoms with E-state index in [2.05, 4.69) is 13.8 Å². The number of methoxy groups -OCH3 is 1. The largest absolute Gasteiger partial charge is 0.496 e. The normalized spacial score (nSPS) is 14.5. The van der Waals surface area contributed by atoms with Crippen LogP contribution in [0, 0.1) is 5.92 Å². The summed E-state index contributed by atoms with van der Waals surface area (Å²) < 4.78 is 19.3. The van der Waals surface area contributed by atoms with Crippen LogP contribution in [0.2, 0.25) is 0 Å². The van der Waals surface area contributed by atoms with Crippen molar-refractivity contribution in [2.24, 2.45) is 5.92 Å². The van der Waals surface area contributed by atoms with Crippen LogP contribution in [0.1, 0.15) is 31.9 Å². The van der Waals surface area contributed by atoms with Crippen LogP contribution in [0.5, 0.6) is 5.75 Å². The maximum atomic E-state index is 14.1. The van der Waals surface area contributed by atoms with Crippen LogP contribution in [0.3, 0.4) is 0 Å². The maximum Gasteiger partial charge on any atom is 0.191 e. The minimum Gasteiger partial charge on any atom is -0.496 e. The number of halogens is 1. The van der Waals surface area contributed by atoms with Gasteiger partial charge in [0.25, 0.3) is 0 Å². The van der Waals surface area contributed by atoms with Crippen molar-refractivity contribution < 1.29 is 13.9 Å². The van der Waals surface area contributed by atoms with Gasteiger partial charge in [-0.05, 0) is 24.8 Å². The van der Waals surface area contributed by atoms with Crippen LogP contribution < -0.4 is 4.74 Å². The summed E-state index contributed by atoms with van der Waals surface area (Å²) in [4.78, 5) is 10.8. The molecule has 1 unspecified atom stereocenters. The highest BCUT2D eigenvalue weighted by molar-refractivity contribution is 5.68. The number of ether oxygens (including phenoxy) is 1. The zero-order chi connectivity index (χ0) is 13.1. The average molecular weight is 238 g/mol. The number of alkyl halides is 1. The predicted octanol–water partition coefficient (Wildman–Crippen LogP) is 3.28. The monoisotopic (exact) mass is 238 g/mol. The van der Waals surface area contributed by atoms with E-state index in [9.17, 15) is 9.18 Å². The summed E-state index contributed by atoms with van der Waals surface area (Å²) in [6.07, 6.45) is 1.11. The third-order valence-electron chi connectivity index (χ3n) is 2.68. The number of aldehydes is 1. The molecular weight excluding hydrogens is 219 g/mol. The molecule has 17 heavy (non-hydrogen) atoms. The second-order valence-corrected chi connectivity index (χ2v) is 4.79. The van der Waals surface area contributed by atoms with Gasteiger partial charge in [-0.3, -0.25) is 4.79 Å². The fourth-order valence-electron chi connectivity index (χ4n) is 1.87. The molecule has 0 aromatic heterocycles. The van der Waals surface area contributed by atoms with Gasteiger partial charge in [-0.2, -0.15) is 0 Å². The van der Waals surface area contributed by atoms with E-state index < -0.39 is 5.67 Å². The molecule has 0 radical (unpaired) electrons. The number of carbonyl (C=O) groups is 1. The minimum atomic E-state index is -2.00. The van der Waals surface area contributed by atoms with Crippen LogP contribution >= 0.6 is 0 Å². The summed E-state index contributed by atoms with van der Waals surface area (Å²) in [6.45, 7) is 5.41. The zero-order valence-corrected chi connectivity index (χ0v) is 10.8. The van der Waals surface area contributed by atoms with Crippen molar-refractivity contribution in [1.82, 2.24) is 0 Å². The number of hydrogen-bond donors (Lipinski definition) is 0. The van der Waals surface area contributed by atoms with Crippen LogP contribution in [-0.4, -0.2) is 13.4 Å². The highest BCUT2D eigenvalue weighted by Crippen LogP contribution is 2.35. The molecule has 1 aromatic rings. The molecule has 0 saturated carbocycles. The molecule has 0 bridgehead atoms. The van der Waals surface area contributed by atoms with E-state index in [1.54, 1.807) is 12.1 Å². The number of carbonyl (C=O) groups excluding carboxylic acids is 1. The molecule has 0 aliphatic rings. The Kier molecular flexibility index (Phi) is 4.27. The molecule has 0 aliphatic carbocycles. The van der Waals surface area contributed by atoms with Crippen LogP contribution in [0.4, 0.5) is 4.39 Å². The second-order valence-electron chi connectivity index (χ2n) is 4.79. The molecule has 1 rings (SSSR count). The summed E-state index contributed by atoms with van der Waals surface area (Å²) >= 11 is 0. The Hall–Kier alpha value is -1.38. The maximum absolute atomic E-state index is 14.1. The third-order valence-corrected chi connectivity index (χ3v) is 2.68. The molecule has 0 amide bonds. The van der Waals surface area contributed by atoms with E-state index >= 15 is 0 Å². The fourth-order valence-corrected chi connectivity index (χ4v) is 1.87. The molecule has 2 nitrogen and oxygen atoms in total. The van der Waals surface area contributed by atoms with E-state index in [1.165, 1.54) is 14.0 Å². The number of hydrogen-bond acceptors (Lipinski definition) is 2. The first kappa shape index (κ1) is 13.7. The van der Waals surface area contributed by atoms with Crippen LogP contribution in [-0.2, 0) is 16.9 Å². The number of rotatable bonds is 5. The lowest BCUT2D eigenvalue weighted by Gasteiger charge is -2.20. The summed E-state index contributed by atoms with van der Waals surface area (Å²) in [7, 11) is 1.50. The van der Waals surface area contributed by atoms with Crippen molar-refractivity contribution in [1.29, 1.82) is 0 Å². The van der Waals surface area contributed by atoms with Crippen molar-refractivity contribution in [3.63, 3.8) is 0 Å². The van der Waals surface area contributed by atoms with Gasteiger partial charge in [0.15, 0.2) is 12.0 Å². The second kappa shape index (κ2) is 5.30. The van der Waals surface area contributed by atoms with Gasteiger partial charge in [0.05, 0.1) is 7.11 Å². The van der Waals surface area contributed by atoms with Gasteiger partial charge in [0, 0.05) is 5.56 Å². The molecule has 0 N–H and O–H groups in total. The van der Waals surface area contributed by atoms with Crippen molar-refractivity contribution in [3.8, 4) is 5.75 Å². The van der Waals surface area contributed by atoms with E-state index in [0.717, 1.165) is 12.0 Å². The van der Waals surface area contributed by atoms with E-state index in [1.807, 2.05) is 6.07 Å². The summed E-state index contributed by atoms with van der Waals surface area (Å²) in [5, 5.41) is 0. The molecule has 94 valence electrons. The SMILES string of the molecule is COc1c(CC(C)C)cccc1C(C)(F)C=O. The zero-order valence-electron chi connectivity index (χ0n) is 10.8. The molecule has 0 aliphatic heterocycles. The number of para-hydroxylation sites is 1. The smallest absolute Gasteiger partial charge is 0.191 e. The van der Waals surface area contributed by atoms with Gasteiger partial charge in [-0.15, -0.1) is 0 Å². The molecule has 0 spiro atoms. The molecule has 0 heterocycles. The predicted molar refractivity (Wildman–Crippen MR) is 66.1 cm³/mol.